The fourth-order valence-electron chi connectivity index (χ4n) is 4.51. The van der Waals surface area contributed by atoms with Crippen LogP contribution in [0, 0.1) is 13.8 Å². The van der Waals surface area contributed by atoms with Crippen LogP contribution in [-0.4, -0.2) is 68.7 Å². The monoisotopic (exact) mass is 472 g/mol. The molecule has 0 atom stereocenters. The van der Waals surface area contributed by atoms with Crippen LogP contribution in [0.15, 0.2) is 59.4 Å². The minimum atomic E-state index is 0.0625. The second-order valence-corrected chi connectivity index (χ2v) is 8.64. The van der Waals surface area contributed by atoms with Crippen molar-refractivity contribution in [2.45, 2.75) is 20.4 Å². The SMILES string of the molecule is COc1ccc(-c2noc(CN3CCN(C(=O)c4cc(C)n(-c5cccnc5)c4C)CC3)n2)cc1. The first-order chi connectivity index (χ1) is 17.0. The van der Waals surface area contributed by atoms with E-state index in [0.717, 1.165) is 47.0 Å². The molecule has 5 rings (SSSR count). The Balaban J connectivity index is 1.20. The Labute approximate surface area is 203 Å². The molecule has 0 spiro atoms. The maximum atomic E-state index is 13.3. The summed E-state index contributed by atoms with van der Waals surface area (Å²) in [6.07, 6.45) is 3.56. The molecule has 0 aliphatic carbocycles. The van der Waals surface area contributed by atoms with Crippen molar-refractivity contribution in [2.24, 2.45) is 0 Å². The summed E-state index contributed by atoms with van der Waals surface area (Å²) < 4.78 is 12.7. The molecule has 0 unspecified atom stereocenters. The van der Waals surface area contributed by atoms with Gasteiger partial charge in [-0.3, -0.25) is 14.7 Å². The lowest BCUT2D eigenvalue weighted by molar-refractivity contribution is 0.0614. The van der Waals surface area contributed by atoms with Crippen molar-refractivity contribution in [3.05, 3.63) is 77.7 Å². The van der Waals surface area contributed by atoms with Crippen molar-refractivity contribution in [1.82, 2.24) is 29.5 Å². The molecule has 35 heavy (non-hydrogen) atoms. The number of aromatic nitrogens is 4. The lowest BCUT2D eigenvalue weighted by Crippen LogP contribution is -2.48. The van der Waals surface area contributed by atoms with E-state index in [9.17, 15) is 4.79 Å². The van der Waals surface area contributed by atoms with E-state index in [-0.39, 0.29) is 5.91 Å². The van der Waals surface area contributed by atoms with Gasteiger partial charge >= 0.3 is 0 Å². The number of methoxy groups -OCH3 is 1. The fourth-order valence-corrected chi connectivity index (χ4v) is 4.51. The Kier molecular flexibility index (Phi) is 6.33. The molecule has 4 aromatic rings. The van der Waals surface area contributed by atoms with E-state index in [1.165, 1.54) is 0 Å². The Hall–Kier alpha value is -3.98. The minimum Gasteiger partial charge on any atom is -0.497 e. The number of pyridine rings is 1. The molecule has 0 bridgehead atoms. The van der Waals surface area contributed by atoms with Crippen molar-refractivity contribution in [1.29, 1.82) is 0 Å². The lowest BCUT2D eigenvalue weighted by atomic mass is 10.2. The summed E-state index contributed by atoms with van der Waals surface area (Å²) in [5.41, 5.74) is 4.52. The van der Waals surface area contributed by atoms with Crippen molar-refractivity contribution in [3.63, 3.8) is 0 Å². The number of rotatable bonds is 6. The third kappa shape index (κ3) is 4.67. The van der Waals surface area contributed by atoms with Crippen LogP contribution in [0.1, 0.15) is 27.6 Å². The van der Waals surface area contributed by atoms with Crippen LogP contribution in [0.4, 0.5) is 0 Å². The number of nitrogens with zero attached hydrogens (tertiary/aromatic N) is 6. The van der Waals surface area contributed by atoms with Gasteiger partial charge in [0.15, 0.2) is 0 Å². The normalized spacial score (nSPS) is 14.3. The molecule has 0 saturated carbocycles. The van der Waals surface area contributed by atoms with E-state index in [2.05, 4.69) is 24.6 Å². The van der Waals surface area contributed by atoms with Crippen LogP contribution in [0.5, 0.6) is 5.75 Å². The van der Waals surface area contributed by atoms with Gasteiger partial charge in [-0.05, 0) is 56.3 Å². The zero-order valence-corrected chi connectivity index (χ0v) is 20.1. The van der Waals surface area contributed by atoms with Gasteiger partial charge in [0.05, 0.1) is 31.1 Å². The number of aryl methyl sites for hydroxylation is 1. The summed E-state index contributed by atoms with van der Waals surface area (Å²) in [5.74, 6) is 1.97. The van der Waals surface area contributed by atoms with Crippen LogP contribution >= 0.6 is 0 Å². The highest BCUT2D eigenvalue weighted by molar-refractivity contribution is 5.96. The first-order valence-corrected chi connectivity index (χ1v) is 11.6. The third-order valence-electron chi connectivity index (χ3n) is 6.40. The number of carbonyl (C=O) groups excluding carboxylic acids is 1. The quantitative estimate of drug-likeness (QED) is 0.424. The van der Waals surface area contributed by atoms with Gasteiger partial charge in [0, 0.05) is 49.3 Å². The highest BCUT2D eigenvalue weighted by atomic mass is 16.5. The number of piperazine rings is 1. The summed E-state index contributed by atoms with van der Waals surface area (Å²) >= 11 is 0. The van der Waals surface area contributed by atoms with Crippen LogP contribution < -0.4 is 4.74 Å². The fraction of sp³-hybridized carbons (Fsp3) is 0.308. The van der Waals surface area contributed by atoms with E-state index >= 15 is 0 Å². The Morgan fingerprint density at radius 2 is 1.86 bits per heavy atom. The zero-order chi connectivity index (χ0) is 24.4. The van der Waals surface area contributed by atoms with Crippen LogP contribution in [0.2, 0.25) is 0 Å². The van der Waals surface area contributed by atoms with Gasteiger partial charge in [0.2, 0.25) is 11.7 Å². The highest BCUT2D eigenvalue weighted by Crippen LogP contribution is 2.23. The van der Waals surface area contributed by atoms with Gasteiger partial charge in [-0.1, -0.05) is 5.16 Å². The van der Waals surface area contributed by atoms with E-state index in [1.807, 2.05) is 67.4 Å². The molecule has 1 aromatic carbocycles. The molecule has 9 nitrogen and oxygen atoms in total. The van der Waals surface area contributed by atoms with Gasteiger partial charge in [-0.2, -0.15) is 4.98 Å². The summed E-state index contributed by atoms with van der Waals surface area (Å²) in [4.78, 5) is 26.2. The molecule has 9 heteroatoms. The van der Waals surface area contributed by atoms with Crippen molar-refractivity contribution < 1.29 is 14.1 Å². The molecule has 1 aliphatic rings. The summed E-state index contributed by atoms with van der Waals surface area (Å²) in [6, 6.07) is 13.4. The largest absolute Gasteiger partial charge is 0.497 e. The maximum Gasteiger partial charge on any atom is 0.255 e. The van der Waals surface area contributed by atoms with Gasteiger partial charge in [-0.15, -0.1) is 0 Å². The number of benzene rings is 1. The molecule has 1 aliphatic heterocycles. The summed E-state index contributed by atoms with van der Waals surface area (Å²) in [6.45, 7) is 7.34. The summed E-state index contributed by atoms with van der Waals surface area (Å²) in [5, 5.41) is 4.11. The molecule has 3 aromatic heterocycles. The summed E-state index contributed by atoms with van der Waals surface area (Å²) in [7, 11) is 1.63. The molecule has 0 N–H and O–H groups in total. The Morgan fingerprint density at radius 3 is 2.54 bits per heavy atom. The smallest absolute Gasteiger partial charge is 0.255 e. The predicted molar refractivity (Wildman–Crippen MR) is 131 cm³/mol. The topological polar surface area (TPSA) is 89.5 Å². The predicted octanol–water partition coefficient (Wildman–Crippen LogP) is 3.51. The zero-order valence-electron chi connectivity index (χ0n) is 20.1. The van der Waals surface area contributed by atoms with Crippen molar-refractivity contribution in [3.8, 4) is 22.8 Å². The molecule has 1 amide bonds. The van der Waals surface area contributed by atoms with Crippen molar-refractivity contribution >= 4 is 5.91 Å². The molecular weight excluding hydrogens is 444 g/mol. The molecule has 1 saturated heterocycles. The van der Waals surface area contributed by atoms with E-state index in [4.69, 9.17) is 9.26 Å². The van der Waals surface area contributed by atoms with E-state index < -0.39 is 0 Å². The average Bonchev–Trinajstić information content (AvgIpc) is 3.48. The first kappa shape index (κ1) is 22.8. The van der Waals surface area contributed by atoms with Gasteiger partial charge < -0.3 is 18.7 Å². The number of hydrogen-bond donors (Lipinski definition) is 0. The lowest BCUT2D eigenvalue weighted by Gasteiger charge is -2.34. The number of carbonyl (C=O) groups is 1. The van der Waals surface area contributed by atoms with E-state index in [1.54, 1.807) is 13.3 Å². The number of hydrogen-bond acceptors (Lipinski definition) is 7. The van der Waals surface area contributed by atoms with Gasteiger partial charge in [0.1, 0.15) is 5.75 Å². The number of ether oxygens (including phenoxy) is 1. The first-order valence-electron chi connectivity index (χ1n) is 11.6. The van der Waals surface area contributed by atoms with E-state index in [0.29, 0.717) is 31.3 Å². The second kappa shape index (κ2) is 9.71. The molecule has 0 radical (unpaired) electrons. The average molecular weight is 473 g/mol. The molecular formula is C26H28N6O3. The van der Waals surface area contributed by atoms with Gasteiger partial charge in [-0.25, -0.2) is 0 Å². The Bertz CT molecular complexity index is 1300. The second-order valence-electron chi connectivity index (χ2n) is 8.64. The van der Waals surface area contributed by atoms with Gasteiger partial charge in [0.25, 0.3) is 5.91 Å². The standard InChI is InChI=1S/C26H28N6O3/c1-18-15-23(19(2)32(18)21-5-4-10-27-16-21)26(33)31-13-11-30(12-14-31)17-24-28-25(29-35-24)20-6-8-22(34-3)9-7-20/h4-10,15-16H,11-14,17H2,1-3H3. The minimum absolute atomic E-state index is 0.0625. The molecule has 180 valence electrons. The molecule has 4 heterocycles. The van der Waals surface area contributed by atoms with Crippen LogP contribution in [0.25, 0.3) is 17.1 Å². The Morgan fingerprint density at radius 1 is 1.09 bits per heavy atom. The highest BCUT2D eigenvalue weighted by Gasteiger charge is 2.26. The maximum absolute atomic E-state index is 13.3. The van der Waals surface area contributed by atoms with Crippen molar-refractivity contribution in [2.75, 3.05) is 33.3 Å². The molecule has 1 fully saturated rings. The number of amides is 1. The van der Waals surface area contributed by atoms with Crippen LogP contribution in [0.3, 0.4) is 0 Å². The van der Waals surface area contributed by atoms with Crippen LogP contribution in [-0.2, 0) is 6.54 Å². The third-order valence-corrected chi connectivity index (χ3v) is 6.40.